The number of nitrogens with zero attached hydrogens (tertiary/aromatic N) is 5. The Bertz CT molecular complexity index is 926. The molecule has 0 bridgehead atoms. The van der Waals surface area contributed by atoms with E-state index in [1.54, 1.807) is 6.20 Å². The van der Waals surface area contributed by atoms with E-state index in [9.17, 15) is 4.79 Å². The van der Waals surface area contributed by atoms with Gasteiger partial charge in [-0.3, -0.25) is 9.78 Å². The highest BCUT2D eigenvalue weighted by atomic mass is 16.5. The summed E-state index contributed by atoms with van der Waals surface area (Å²) >= 11 is 0. The number of carbonyl (C=O) groups excluding carboxylic acids is 1. The van der Waals surface area contributed by atoms with E-state index in [2.05, 4.69) is 25.4 Å². The van der Waals surface area contributed by atoms with Crippen molar-refractivity contribution in [2.75, 3.05) is 18.4 Å². The number of nitrogens with one attached hydrogen (secondary N) is 1. The van der Waals surface area contributed by atoms with Crippen molar-refractivity contribution in [3.63, 3.8) is 0 Å². The number of anilines is 1. The summed E-state index contributed by atoms with van der Waals surface area (Å²) in [5, 5.41) is 8.10. The highest BCUT2D eigenvalue weighted by Crippen LogP contribution is 2.38. The number of likely N-dealkylation sites (tertiary alicyclic amines) is 1. The molecule has 4 heterocycles. The molecule has 2 atom stereocenters. The lowest BCUT2D eigenvalue weighted by Gasteiger charge is -2.27. The van der Waals surface area contributed by atoms with Gasteiger partial charge >= 0.3 is 0 Å². The van der Waals surface area contributed by atoms with E-state index in [0.29, 0.717) is 31.0 Å². The third-order valence-corrected chi connectivity index (χ3v) is 4.88. The van der Waals surface area contributed by atoms with Crippen LogP contribution in [-0.2, 0) is 4.79 Å². The van der Waals surface area contributed by atoms with Crippen molar-refractivity contribution in [2.24, 2.45) is 5.92 Å². The molecule has 3 aromatic heterocycles. The molecule has 3 aromatic rings. The topological polar surface area (TPSA) is 97.0 Å². The third kappa shape index (κ3) is 2.77. The SMILES string of the molecule is CCN1C(=O)C[C@@H](CNc2ncnc3onc(C)c23)[C@@H]1c1cccnc1. The lowest BCUT2D eigenvalue weighted by Crippen LogP contribution is -2.30. The van der Waals surface area contributed by atoms with Crippen LogP contribution < -0.4 is 5.32 Å². The van der Waals surface area contributed by atoms with Gasteiger partial charge in [0.25, 0.3) is 5.71 Å². The summed E-state index contributed by atoms with van der Waals surface area (Å²) in [6, 6.07) is 3.94. The second-order valence-electron chi connectivity index (χ2n) is 6.43. The standard InChI is InChI=1S/C18H20N6O2/c1-3-24-14(25)7-13(16(24)12-5-4-6-19-8-12)9-20-17-15-11(2)23-26-18(15)22-10-21-17/h4-6,8,10,13,16H,3,7,9H2,1-2H3,(H,20,21,22)/t13-,16-/m0/s1. The molecular weight excluding hydrogens is 332 g/mol. The van der Waals surface area contributed by atoms with Gasteiger partial charge in [-0.2, -0.15) is 4.98 Å². The van der Waals surface area contributed by atoms with Crippen molar-refractivity contribution >= 4 is 22.8 Å². The highest BCUT2D eigenvalue weighted by Gasteiger charge is 2.39. The highest BCUT2D eigenvalue weighted by molar-refractivity contribution is 5.87. The Labute approximate surface area is 150 Å². The van der Waals surface area contributed by atoms with Crippen molar-refractivity contribution in [1.29, 1.82) is 0 Å². The fourth-order valence-electron chi connectivity index (χ4n) is 3.71. The molecule has 0 radical (unpaired) electrons. The van der Waals surface area contributed by atoms with Gasteiger partial charge in [0.1, 0.15) is 17.5 Å². The lowest BCUT2D eigenvalue weighted by molar-refractivity contribution is -0.128. The zero-order chi connectivity index (χ0) is 18.1. The van der Waals surface area contributed by atoms with Crippen LogP contribution in [0.15, 0.2) is 35.4 Å². The van der Waals surface area contributed by atoms with Crippen LogP contribution in [0.3, 0.4) is 0 Å². The minimum Gasteiger partial charge on any atom is -0.369 e. The molecule has 1 amide bonds. The van der Waals surface area contributed by atoms with E-state index < -0.39 is 0 Å². The molecule has 1 aliphatic heterocycles. The summed E-state index contributed by atoms with van der Waals surface area (Å²) in [4.78, 5) is 27.0. The molecule has 0 saturated carbocycles. The molecule has 8 nitrogen and oxygen atoms in total. The minimum absolute atomic E-state index is 0.00889. The molecule has 0 aromatic carbocycles. The van der Waals surface area contributed by atoms with Gasteiger partial charge < -0.3 is 14.7 Å². The number of hydrogen-bond acceptors (Lipinski definition) is 7. The summed E-state index contributed by atoms with van der Waals surface area (Å²) < 4.78 is 5.19. The van der Waals surface area contributed by atoms with E-state index >= 15 is 0 Å². The Hall–Kier alpha value is -3.03. The van der Waals surface area contributed by atoms with Crippen LogP contribution in [0.1, 0.15) is 30.6 Å². The number of pyridine rings is 1. The summed E-state index contributed by atoms with van der Waals surface area (Å²) in [6.45, 7) is 5.15. The largest absolute Gasteiger partial charge is 0.369 e. The molecule has 1 fully saturated rings. The number of carbonyl (C=O) groups is 1. The van der Waals surface area contributed by atoms with Gasteiger partial charge in [0.2, 0.25) is 5.91 Å². The number of fused-ring (bicyclic) bond motifs is 1. The molecular formula is C18H20N6O2. The first-order valence-electron chi connectivity index (χ1n) is 8.69. The van der Waals surface area contributed by atoms with E-state index in [4.69, 9.17) is 4.52 Å². The second kappa shape index (κ2) is 6.70. The molecule has 26 heavy (non-hydrogen) atoms. The van der Waals surface area contributed by atoms with Crippen LogP contribution in [-0.4, -0.2) is 44.0 Å². The molecule has 1 saturated heterocycles. The van der Waals surface area contributed by atoms with Crippen molar-refractivity contribution in [3.05, 3.63) is 42.1 Å². The number of hydrogen-bond donors (Lipinski definition) is 1. The molecule has 134 valence electrons. The van der Waals surface area contributed by atoms with E-state index in [0.717, 1.165) is 16.6 Å². The lowest BCUT2D eigenvalue weighted by atomic mass is 9.94. The molecule has 1 N–H and O–H groups in total. The van der Waals surface area contributed by atoms with Crippen molar-refractivity contribution in [3.8, 4) is 0 Å². The minimum atomic E-state index is 0.00889. The maximum Gasteiger partial charge on any atom is 0.263 e. The van der Waals surface area contributed by atoms with Crippen molar-refractivity contribution in [2.45, 2.75) is 26.3 Å². The average Bonchev–Trinajstić information content (AvgIpc) is 3.20. The maximum atomic E-state index is 12.5. The summed E-state index contributed by atoms with van der Waals surface area (Å²) in [6.07, 6.45) is 5.53. The molecule has 1 aliphatic rings. The van der Waals surface area contributed by atoms with Gasteiger partial charge in [-0.05, 0) is 25.5 Å². The summed E-state index contributed by atoms with van der Waals surface area (Å²) in [5.74, 6) is 0.972. The van der Waals surface area contributed by atoms with E-state index in [-0.39, 0.29) is 17.9 Å². The predicted octanol–water partition coefficient (Wildman–Crippen LogP) is 2.34. The number of rotatable bonds is 5. The molecule has 0 spiro atoms. The fourth-order valence-corrected chi connectivity index (χ4v) is 3.71. The average molecular weight is 352 g/mol. The monoisotopic (exact) mass is 352 g/mol. The van der Waals surface area contributed by atoms with Gasteiger partial charge in [0.05, 0.1) is 11.7 Å². The quantitative estimate of drug-likeness (QED) is 0.752. The van der Waals surface area contributed by atoms with Gasteiger partial charge in [-0.15, -0.1) is 0 Å². The van der Waals surface area contributed by atoms with Crippen LogP contribution in [0.5, 0.6) is 0 Å². The Morgan fingerprint density at radius 1 is 1.38 bits per heavy atom. The summed E-state index contributed by atoms with van der Waals surface area (Å²) in [5.41, 5.74) is 2.26. The number of amides is 1. The second-order valence-corrected chi connectivity index (χ2v) is 6.43. The Morgan fingerprint density at radius 3 is 3.04 bits per heavy atom. The molecule has 4 rings (SSSR count). The van der Waals surface area contributed by atoms with Crippen LogP contribution in [0.2, 0.25) is 0 Å². The third-order valence-electron chi connectivity index (χ3n) is 4.88. The Kier molecular flexibility index (Phi) is 4.24. The fraction of sp³-hybridized carbons (Fsp3) is 0.389. The first kappa shape index (κ1) is 16.4. The Balaban J connectivity index is 1.60. The Morgan fingerprint density at radius 2 is 2.27 bits per heavy atom. The first-order valence-corrected chi connectivity index (χ1v) is 8.69. The van der Waals surface area contributed by atoms with Gasteiger partial charge in [0, 0.05) is 37.8 Å². The van der Waals surface area contributed by atoms with Crippen LogP contribution >= 0.6 is 0 Å². The van der Waals surface area contributed by atoms with Gasteiger partial charge in [0.15, 0.2) is 0 Å². The molecule has 0 unspecified atom stereocenters. The maximum absolute atomic E-state index is 12.5. The zero-order valence-electron chi connectivity index (χ0n) is 14.7. The zero-order valence-corrected chi connectivity index (χ0v) is 14.7. The predicted molar refractivity (Wildman–Crippen MR) is 95.3 cm³/mol. The molecule has 8 heteroatoms. The number of aryl methyl sites for hydroxylation is 1. The van der Waals surface area contributed by atoms with Gasteiger partial charge in [-0.25, -0.2) is 4.98 Å². The van der Waals surface area contributed by atoms with Crippen LogP contribution in [0.4, 0.5) is 5.82 Å². The normalized spacial score (nSPS) is 20.1. The smallest absolute Gasteiger partial charge is 0.263 e. The van der Waals surface area contributed by atoms with Crippen molar-refractivity contribution in [1.82, 2.24) is 25.0 Å². The summed E-state index contributed by atoms with van der Waals surface area (Å²) in [7, 11) is 0. The molecule has 0 aliphatic carbocycles. The van der Waals surface area contributed by atoms with Crippen molar-refractivity contribution < 1.29 is 9.32 Å². The van der Waals surface area contributed by atoms with Gasteiger partial charge in [-0.1, -0.05) is 11.2 Å². The van der Waals surface area contributed by atoms with E-state index in [1.165, 1.54) is 6.33 Å². The van der Waals surface area contributed by atoms with Crippen LogP contribution in [0, 0.1) is 12.8 Å². The first-order chi connectivity index (χ1) is 12.7. The van der Waals surface area contributed by atoms with Crippen LogP contribution in [0.25, 0.3) is 11.1 Å². The number of aromatic nitrogens is 4. The van der Waals surface area contributed by atoms with E-state index in [1.807, 2.05) is 37.1 Å².